The number of carbonyl (C=O) groups is 1. The molecule has 0 aromatic heterocycles. The molecule has 0 heterocycles. The zero-order valence-electron chi connectivity index (χ0n) is 10.7. The lowest BCUT2D eigenvalue weighted by atomic mass is 10.1. The van der Waals surface area contributed by atoms with Crippen LogP contribution in [0.15, 0.2) is 22.7 Å². The highest BCUT2D eigenvalue weighted by molar-refractivity contribution is 9.10. The Morgan fingerprint density at radius 2 is 2.11 bits per heavy atom. The summed E-state index contributed by atoms with van der Waals surface area (Å²) in [5.74, 6) is 0.876. The Bertz CT molecular complexity index is 423. The van der Waals surface area contributed by atoms with E-state index >= 15 is 0 Å². The lowest BCUT2D eigenvalue weighted by Crippen LogP contribution is -2.38. The molecule has 0 saturated heterocycles. The van der Waals surface area contributed by atoms with E-state index < -0.39 is 0 Å². The summed E-state index contributed by atoms with van der Waals surface area (Å²) in [4.78, 5) is 11.6. The van der Waals surface area contributed by atoms with E-state index in [-0.39, 0.29) is 18.6 Å². The molecule has 1 amide bonds. The molecule has 18 heavy (non-hydrogen) atoms. The largest absolute Gasteiger partial charge is 0.483 e. The van der Waals surface area contributed by atoms with Crippen molar-refractivity contribution < 1.29 is 9.53 Å². The van der Waals surface area contributed by atoms with Gasteiger partial charge in [-0.25, -0.2) is 0 Å². The van der Waals surface area contributed by atoms with Gasteiger partial charge < -0.3 is 10.1 Å². The van der Waals surface area contributed by atoms with Crippen molar-refractivity contribution in [3.8, 4) is 5.75 Å². The Morgan fingerprint density at radius 3 is 2.67 bits per heavy atom. The van der Waals surface area contributed by atoms with Gasteiger partial charge in [0, 0.05) is 11.1 Å². The van der Waals surface area contributed by atoms with Crippen molar-refractivity contribution in [2.45, 2.75) is 26.8 Å². The van der Waals surface area contributed by atoms with Gasteiger partial charge in [-0.05, 0) is 47.0 Å². The first kappa shape index (κ1) is 15.3. The van der Waals surface area contributed by atoms with Crippen LogP contribution in [0.1, 0.15) is 20.8 Å². The molecule has 0 bridgehead atoms. The molecule has 3 nitrogen and oxygen atoms in total. The van der Waals surface area contributed by atoms with Crippen LogP contribution in [0.2, 0.25) is 5.02 Å². The Morgan fingerprint density at radius 1 is 1.44 bits per heavy atom. The van der Waals surface area contributed by atoms with Gasteiger partial charge in [0.05, 0.1) is 4.47 Å². The van der Waals surface area contributed by atoms with E-state index in [1.54, 1.807) is 18.2 Å². The molecule has 0 aliphatic heterocycles. The number of rotatable bonds is 5. The van der Waals surface area contributed by atoms with Gasteiger partial charge in [-0.3, -0.25) is 4.79 Å². The molecule has 0 unspecified atom stereocenters. The second kappa shape index (κ2) is 7.00. The lowest BCUT2D eigenvalue weighted by Gasteiger charge is -2.17. The van der Waals surface area contributed by atoms with Crippen molar-refractivity contribution in [1.82, 2.24) is 5.32 Å². The van der Waals surface area contributed by atoms with Gasteiger partial charge in [-0.15, -0.1) is 0 Å². The zero-order chi connectivity index (χ0) is 13.7. The minimum atomic E-state index is -0.127. The summed E-state index contributed by atoms with van der Waals surface area (Å²) in [5.41, 5.74) is 0. The second-order valence-electron chi connectivity index (χ2n) is 4.46. The summed E-state index contributed by atoms with van der Waals surface area (Å²) >= 11 is 9.15. The SMILES string of the molecule is CC(C)[C@@H](C)NC(=O)COc1ccc(Cl)cc1Br. The van der Waals surface area contributed by atoms with Gasteiger partial charge >= 0.3 is 0 Å². The smallest absolute Gasteiger partial charge is 0.258 e. The Labute approximate surface area is 121 Å². The van der Waals surface area contributed by atoms with Crippen molar-refractivity contribution in [2.24, 2.45) is 5.92 Å². The van der Waals surface area contributed by atoms with E-state index in [0.717, 1.165) is 4.47 Å². The number of hydrogen-bond donors (Lipinski definition) is 1. The molecular weight excluding hydrogens is 318 g/mol. The fourth-order valence-corrected chi connectivity index (χ4v) is 1.99. The maximum atomic E-state index is 11.6. The monoisotopic (exact) mass is 333 g/mol. The van der Waals surface area contributed by atoms with Crippen molar-refractivity contribution in [3.63, 3.8) is 0 Å². The minimum absolute atomic E-state index is 0.00269. The molecule has 1 aromatic carbocycles. The Balaban J connectivity index is 2.47. The van der Waals surface area contributed by atoms with Gasteiger partial charge in [0.15, 0.2) is 6.61 Å². The highest BCUT2D eigenvalue weighted by Crippen LogP contribution is 2.27. The third-order valence-corrected chi connectivity index (χ3v) is 3.50. The molecular formula is C13H17BrClNO2. The van der Waals surface area contributed by atoms with Crippen LogP contribution in [0.4, 0.5) is 0 Å². The van der Waals surface area contributed by atoms with Crippen LogP contribution in [0, 0.1) is 5.92 Å². The summed E-state index contributed by atoms with van der Waals surface area (Å²) in [5, 5.41) is 3.49. The molecule has 0 saturated carbocycles. The zero-order valence-corrected chi connectivity index (χ0v) is 13.0. The standard InChI is InChI=1S/C13H17BrClNO2/c1-8(2)9(3)16-13(17)7-18-12-5-4-10(15)6-11(12)14/h4-6,8-9H,7H2,1-3H3,(H,16,17)/t9-/m1/s1. The summed E-state index contributed by atoms with van der Waals surface area (Å²) < 4.78 is 6.15. The number of nitrogens with one attached hydrogen (secondary N) is 1. The maximum Gasteiger partial charge on any atom is 0.258 e. The second-order valence-corrected chi connectivity index (χ2v) is 5.75. The minimum Gasteiger partial charge on any atom is -0.483 e. The van der Waals surface area contributed by atoms with Crippen molar-refractivity contribution in [1.29, 1.82) is 0 Å². The fraction of sp³-hybridized carbons (Fsp3) is 0.462. The van der Waals surface area contributed by atoms with E-state index in [0.29, 0.717) is 16.7 Å². The maximum absolute atomic E-state index is 11.6. The van der Waals surface area contributed by atoms with E-state index in [1.165, 1.54) is 0 Å². The summed E-state index contributed by atoms with van der Waals surface area (Å²) in [7, 11) is 0. The third kappa shape index (κ3) is 4.86. The number of benzene rings is 1. The predicted molar refractivity (Wildman–Crippen MR) is 77.1 cm³/mol. The Hall–Kier alpha value is -0.740. The van der Waals surface area contributed by atoms with Crippen LogP contribution in [0.3, 0.4) is 0 Å². The molecule has 1 aromatic rings. The quantitative estimate of drug-likeness (QED) is 0.893. The summed E-state index contributed by atoms with van der Waals surface area (Å²) in [6.07, 6.45) is 0. The average Bonchev–Trinajstić information content (AvgIpc) is 2.27. The molecule has 1 N–H and O–H groups in total. The first-order valence-electron chi connectivity index (χ1n) is 5.77. The number of ether oxygens (including phenoxy) is 1. The van der Waals surface area contributed by atoms with E-state index in [1.807, 2.05) is 6.92 Å². The van der Waals surface area contributed by atoms with Crippen LogP contribution in [0.25, 0.3) is 0 Å². The molecule has 0 aliphatic rings. The van der Waals surface area contributed by atoms with E-state index in [4.69, 9.17) is 16.3 Å². The van der Waals surface area contributed by atoms with Crippen molar-refractivity contribution in [2.75, 3.05) is 6.61 Å². The number of hydrogen-bond acceptors (Lipinski definition) is 2. The van der Waals surface area contributed by atoms with Gasteiger partial charge in [0.1, 0.15) is 5.75 Å². The normalized spacial score (nSPS) is 12.3. The summed E-state index contributed by atoms with van der Waals surface area (Å²) in [6.45, 7) is 6.08. The van der Waals surface area contributed by atoms with Gasteiger partial charge in [0.25, 0.3) is 5.91 Å². The van der Waals surface area contributed by atoms with Gasteiger partial charge in [-0.2, -0.15) is 0 Å². The topological polar surface area (TPSA) is 38.3 Å². The molecule has 0 radical (unpaired) electrons. The lowest BCUT2D eigenvalue weighted by molar-refractivity contribution is -0.124. The van der Waals surface area contributed by atoms with E-state index in [2.05, 4.69) is 35.1 Å². The van der Waals surface area contributed by atoms with Crippen LogP contribution < -0.4 is 10.1 Å². The van der Waals surface area contributed by atoms with Gasteiger partial charge in [-0.1, -0.05) is 25.4 Å². The Kier molecular flexibility index (Phi) is 5.96. The fourth-order valence-electron chi connectivity index (χ4n) is 1.20. The first-order valence-corrected chi connectivity index (χ1v) is 6.94. The molecule has 0 aliphatic carbocycles. The van der Waals surface area contributed by atoms with Crippen molar-refractivity contribution in [3.05, 3.63) is 27.7 Å². The molecule has 0 spiro atoms. The molecule has 0 fully saturated rings. The third-order valence-electron chi connectivity index (χ3n) is 2.64. The summed E-state index contributed by atoms with van der Waals surface area (Å²) in [6, 6.07) is 5.31. The van der Waals surface area contributed by atoms with Crippen LogP contribution in [-0.4, -0.2) is 18.6 Å². The van der Waals surface area contributed by atoms with Crippen LogP contribution in [0.5, 0.6) is 5.75 Å². The number of carbonyl (C=O) groups excluding carboxylic acids is 1. The molecule has 1 atom stereocenters. The van der Waals surface area contributed by atoms with Crippen molar-refractivity contribution >= 4 is 33.4 Å². The van der Waals surface area contributed by atoms with Gasteiger partial charge in [0.2, 0.25) is 0 Å². The number of halogens is 2. The van der Waals surface area contributed by atoms with E-state index in [9.17, 15) is 4.79 Å². The average molecular weight is 335 g/mol. The highest BCUT2D eigenvalue weighted by Gasteiger charge is 2.11. The molecule has 5 heteroatoms. The van der Waals surface area contributed by atoms with Crippen LogP contribution >= 0.6 is 27.5 Å². The molecule has 1 rings (SSSR count). The first-order chi connectivity index (χ1) is 8.40. The number of amides is 1. The van der Waals surface area contributed by atoms with Crippen LogP contribution in [-0.2, 0) is 4.79 Å². The highest BCUT2D eigenvalue weighted by atomic mass is 79.9. The molecule has 100 valence electrons. The predicted octanol–water partition coefficient (Wildman–Crippen LogP) is 3.64.